The molecule has 0 saturated heterocycles. The Balaban J connectivity index is 1.80. The molecule has 0 aliphatic carbocycles. The van der Waals surface area contributed by atoms with Gasteiger partial charge in [-0.1, -0.05) is 12.1 Å². The highest BCUT2D eigenvalue weighted by Gasteiger charge is 2.02. The fourth-order valence-corrected chi connectivity index (χ4v) is 1.82. The average Bonchev–Trinajstić information content (AvgIpc) is 2.54. The Kier molecular flexibility index (Phi) is 5.99. The zero-order valence-corrected chi connectivity index (χ0v) is 11.8. The molecule has 0 saturated carbocycles. The van der Waals surface area contributed by atoms with E-state index in [1.807, 2.05) is 42.5 Å². The van der Waals surface area contributed by atoms with Crippen molar-refractivity contribution >= 4 is 5.69 Å². The summed E-state index contributed by atoms with van der Waals surface area (Å²) >= 11 is 0. The van der Waals surface area contributed by atoms with Gasteiger partial charge >= 0.3 is 0 Å². The van der Waals surface area contributed by atoms with Gasteiger partial charge in [-0.05, 0) is 24.3 Å². The highest BCUT2D eigenvalue weighted by Crippen LogP contribution is 2.17. The normalized spacial score (nSPS) is 11.9. The van der Waals surface area contributed by atoms with Crippen LogP contribution in [0.4, 0.5) is 5.69 Å². The summed E-state index contributed by atoms with van der Waals surface area (Å²) in [4.78, 5) is 4.24. The number of pyridine rings is 1. The van der Waals surface area contributed by atoms with Crippen LogP contribution in [0.3, 0.4) is 0 Å². The van der Waals surface area contributed by atoms with Crippen LogP contribution in [0.25, 0.3) is 0 Å². The molecule has 0 spiro atoms. The van der Waals surface area contributed by atoms with Crippen molar-refractivity contribution in [3.8, 4) is 5.75 Å². The zero-order chi connectivity index (χ0) is 14.9. The van der Waals surface area contributed by atoms with Crippen LogP contribution >= 0.6 is 0 Å². The molecular formula is C16H20N2O3. The number of anilines is 1. The minimum absolute atomic E-state index is 0.257. The van der Waals surface area contributed by atoms with E-state index in [2.05, 4.69) is 10.3 Å². The smallest absolute Gasteiger partial charge is 0.121 e. The van der Waals surface area contributed by atoms with E-state index in [0.717, 1.165) is 23.6 Å². The molecule has 2 aromatic rings. The van der Waals surface area contributed by atoms with Crippen molar-refractivity contribution in [2.45, 2.75) is 12.5 Å². The van der Waals surface area contributed by atoms with Crippen LogP contribution in [0.5, 0.6) is 5.75 Å². The number of nitrogens with zero attached hydrogens (tertiary/aromatic N) is 1. The van der Waals surface area contributed by atoms with Crippen LogP contribution in [-0.4, -0.2) is 41.1 Å². The first-order valence-electron chi connectivity index (χ1n) is 6.93. The summed E-state index contributed by atoms with van der Waals surface area (Å²) in [7, 11) is 0. The highest BCUT2D eigenvalue weighted by molar-refractivity contribution is 5.48. The number of hydrogen-bond donors (Lipinski definition) is 3. The van der Waals surface area contributed by atoms with Gasteiger partial charge in [0.05, 0.1) is 19.3 Å². The Hall–Kier alpha value is -2.11. The number of aliphatic hydroxyl groups excluding tert-OH is 2. The van der Waals surface area contributed by atoms with E-state index >= 15 is 0 Å². The molecule has 2 rings (SSSR count). The molecule has 5 nitrogen and oxygen atoms in total. The third-order valence-corrected chi connectivity index (χ3v) is 2.94. The summed E-state index contributed by atoms with van der Waals surface area (Å²) < 4.78 is 5.69. The Morgan fingerprint density at radius 3 is 2.86 bits per heavy atom. The number of nitrogens with one attached hydrogen (secondary N) is 1. The Bertz CT molecular complexity index is 534. The summed E-state index contributed by atoms with van der Waals surface area (Å²) in [5.41, 5.74) is 1.84. The Labute approximate surface area is 124 Å². The van der Waals surface area contributed by atoms with Crippen molar-refractivity contribution < 1.29 is 14.9 Å². The van der Waals surface area contributed by atoms with Gasteiger partial charge in [-0.2, -0.15) is 0 Å². The predicted octanol–water partition coefficient (Wildman–Crippen LogP) is 1.47. The fraction of sp³-hybridized carbons (Fsp3) is 0.312. The lowest BCUT2D eigenvalue weighted by Gasteiger charge is -2.12. The van der Waals surface area contributed by atoms with Gasteiger partial charge in [0.25, 0.3) is 0 Å². The van der Waals surface area contributed by atoms with E-state index in [1.54, 1.807) is 6.20 Å². The molecular weight excluding hydrogens is 268 g/mol. The molecule has 21 heavy (non-hydrogen) atoms. The lowest BCUT2D eigenvalue weighted by atomic mass is 10.2. The first kappa shape index (κ1) is 15.3. The van der Waals surface area contributed by atoms with Gasteiger partial charge in [0, 0.05) is 36.6 Å². The number of ether oxygens (including phenoxy) is 1. The van der Waals surface area contributed by atoms with Crippen LogP contribution in [0.15, 0.2) is 48.7 Å². The van der Waals surface area contributed by atoms with Crippen LogP contribution in [0, 0.1) is 0 Å². The molecule has 1 aromatic heterocycles. The molecule has 1 aromatic carbocycles. The maximum Gasteiger partial charge on any atom is 0.121 e. The van der Waals surface area contributed by atoms with Crippen molar-refractivity contribution in [1.82, 2.24) is 4.98 Å². The molecule has 5 heteroatoms. The standard InChI is InChI=1S/C16H20N2O3/c19-12-15(20)11-18-14-5-3-6-16(10-14)21-9-7-13-4-1-2-8-17-13/h1-6,8,10,15,18-20H,7,9,11-12H2. The van der Waals surface area contributed by atoms with Gasteiger partial charge in [-0.15, -0.1) is 0 Å². The van der Waals surface area contributed by atoms with Crippen molar-refractivity contribution in [2.24, 2.45) is 0 Å². The molecule has 0 fully saturated rings. The summed E-state index contributed by atoms with van der Waals surface area (Å²) in [5.74, 6) is 0.759. The van der Waals surface area contributed by atoms with Crippen LogP contribution < -0.4 is 10.1 Å². The van der Waals surface area contributed by atoms with E-state index in [9.17, 15) is 5.11 Å². The lowest BCUT2D eigenvalue weighted by Crippen LogP contribution is -2.22. The summed E-state index contributed by atoms with van der Waals surface area (Å²) in [6.45, 7) is 0.598. The van der Waals surface area contributed by atoms with Crippen LogP contribution in [0.1, 0.15) is 5.69 Å². The van der Waals surface area contributed by atoms with Gasteiger partial charge < -0.3 is 20.3 Å². The molecule has 0 aliphatic heterocycles. The number of hydrogen-bond acceptors (Lipinski definition) is 5. The molecule has 0 aliphatic rings. The van der Waals surface area contributed by atoms with Crippen molar-refractivity contribution in [3.63, 3.8) is 0 Å². The lowest BCUT2D eigenvalue weighted by molar-refractivity contribution is 0.105. The molecule has 112 valence electrons. The minimum Gasteiger partial charge on any atom is -0.493 e. The average molecular weight is 288 g/mol. The van der Waals surface area contributed by atoms with Crippen LogP contribution in [-0.2, 0) is 6.42 Å². The maximum absolute atomic E-state index is 9.31. The van der Waals surface area contributed by atoms with Gasteiger partial charge in [0.2, 0.25) is 0 Å². The van der Waals surface area contributed by atoms with E-state index in [0.29, 0.717) is 13.2 Å². The summed E-state index contributed by atoms with van der Waals surface area (Å²) in [6, 6.07) is 13.3. The zero-order valence-electron chi connectivity index (χ0n) is 11.8. The third kappa shape index (κ3) is 5.41. The molecule has 0 amide bonds. The first-order valence-corrected chi connectivity index (χ1v) is 6.93. The Morgan fingerprint density at radius 1 is 1.19 bits per heavy atom. The van der Waals surface area contributed by atoms with Crippen LogP contribution in [0.2, 0.25) is 0 Å². The number of aliphatic hydroxyl groups is 2. The largest absolute Gasteiger partial charge is 0.493 e. The van der Waals surface area contributed by atoms with Gasteiger partial charge in [0.15, 0.2) is 0 Å². The molecule has 0 radical (unpaired) electrons. The van der Waals surface area contributed by atoms with E-state index < -0.39 is 6.10 Å². The van der Waals surface area contributed by atoms with Gasteiger partial charge in [-0.25, -0.2) is 0 Å². The van der Waals surface area contributed by atoms with E-state index in [4.69, 9.17) is 9.84 Å². The van der Waals surface area contributed by atoms with E-state index in [1.165, 1.54) is 0 Å². The quantitative estimate of drug-likeness (QED) is 0.686. The summed E-state index contributed by atoms with van der Waals surface area (Å²) in [5, 5.41) is 21.1. The van der Waals surface area contributed by atoms with Crippen molar-refractivity contribution in [3.05, 3.63) is 54.4 Å². The van der Waals surface area contributed by atoms with E-state index in [-0.39, 0.29) is 6.61 Å². The monoisotopic (exact) mass is 288 g/mol. The molecule has 3 N–H and O–H groups in total. The predicted molar refractivity (Wildman–Crippen MR) is 81.5 cm³/mol. The molecule has 1 unspecified atom stereocenters. The topological polar surface area (TPSA) is 74.6 Å². The second-order valence-corrected chi connectivity index (χ2v) is 4.66. The second kappa shape index (κ2) is 8.24. The minimum atomic E-state index is -0.765. The molecule has 1 heterocycles. The number of rotatable bonds is 8. The first-order chi connectivity index (χ1) is 10.3. The second-order valence-electron chi connectivity index (χ2n) is 4.66. The van der Waals surface area contributed by atoms with Gasteiger partial charge in [0.1, 0.15) is 5.75 Å². The fourth-order valence-electron chi connectivity index (χ4n) is 1.82. The molecule has 0 bridgehead atoms. The van der Waals surface area contributed by atoms with Gasteiger partial charge in [-0.3, -0.25) is 4.98 Å². The van der Waals surface area contributed by atoms with Crippen molar-refractivity contribution in [1.29, 1.82) is 0 Å². The number of aromatic nitrogens is 1. The molecule has 1 atom stereocenters. The SMILES string of the molecule is OCC(O)CNc1cccc(OCCc2ccccn2)c1. The highest BCUT2D eigenvalue weighted by atomic mass is 16.5. The third-order valence-electron chi connectivity index (χ3n) is 2.94. The Morgan fingerprint density at radius 2 is 2.10 bits per heavy atom. The number of benzene rings is 1. The summed E-state index contributed by atoms with van der Waals surface area (Å²) in [6.07, 6.45) is 1.76. The maximum atomic E-state index is 9.31. The van der Waals surface area contributed by atoms with Crippen molar-refractivity contribution in [2.75, 3.05) is 25.1 Å².